The van der Waals surface area contributed by atoms with Gasteiger partial charge < -0.3 is 20.3 Å². The molecular weight excluding hydrogens is 410 g/mol. The number of fused-ring (bicyclic) bond motifs is 1. The summed E-state index contributed by atoms with van der Waals surface area (Å²) in [7, 11) is 0. The van der Waals surface area contributed by atoms with Crippen molar-refractivity contribution in [1.82, 2.24) is 9.97 Å². The normalized spacial score (nSPS) is 22.7. The molecule has 170 valence electrons. The van der Waals surface area contributed by atoms with Crippen LogP contribution in [0.3, 0.4) is 0 Å². The summed E-state index contributed by atoms with van der Waals surface area (Å²) in [4.78, 5) is 48.0. The number of H-pyrrole nitrogens is 1. The van der Waals surface area contributed by atoms with Gasteiger partial charge in [0.2, 0.25) is 17.8 Å². The number of rotatable bonds is 5. The fraction of sp³-hybridized carbons (Fsp3) is 0.478. The van der Waals surface area contributed by atoms with Crippen LogP contribution in [-0.2, 0) is 9.59 Å². The maximum Gasteiger partial charge on any atom is 0.258 e. The van der Waals surface area contributed by atoms with E-state index in [1.165, 1.54) is 0 Å². The Bertz CT molecular complexity index is 1060. The molecule has 9 nitrogen and oxygen atoms in total. The van der Waals surface area contributed by atoms with Crippen molar-refractivity contribution in [3.8, 4) is 5.75 Å². The lowest BCUT2D eigenvalue weighted by molar-refractivity contribution is -0.123. The molecule has 3 heterocycles. The topological polar surface area (TPSA) is 116 Å². The fourth-order valence-corrected chi connectivity index (χ4v) is 4.57. The van der Waals surface area contributed by atoms with E-state index in [4.69, 9.17) is 4.74 Å². The van der Waals surface area contributed by atoms with Crippen molar-refractivity contribution in [1.29, 1.82) is 0 Å². The third-order valence-electron chi connectivity index (χ3n) is 6.13. The zero-order chi connectivity index (χ0) is 22.8. The number of benzene rings is 1. The second-order valence-electron chi connectivity index (χ2n) is 8.44. The summed E-state index contributed by atoms with van der Waals surface area (Å²) in [6.45, 7) is 6.64. The highest BCUT2D eigenvalue weighted by molar-refractivity contribution is 6.04. The summed E-state index contributed by atoms with van der Waals surface area (Å²) in [5.74, 6) is -0.398. The molecular formula is C23H29N5O4. The largest absolute Gasteiger partial charge is 0.494 e. The SMILES string of the molecule is CCOc1ccc(NC(=O)C2CC(=O)Nc3nc(N4C(C)CCCC4C)[nH]c(=O)c32)cc1. The van der Waals surface area contributed by atoms with Gasteiger partial charge in [0.05, 0.1) is 18.1 Å². The molecule has 1 fully saturated rings. The number of hydrogen-bond donors (Lipinski definition) is 3. The van der Waals surface area contributed by atoms with Crippen LogP contribution < -0.4 is 25.8 Å². The molecule has 3 atom stereocenters. The number of amides is 2. The van der Waals surface area contributed by atoms with Crippen molar-refractivity contribution in [3.63, 3.8) is 0 Å². The second kappa shape index (κ2) is 9.02. The van der Waals surface area contributed by atoms with Gasteiger partial charge in [-0.25, -0.2) is 0 Å². The van der Waals surface area contributed by atoms with Gasteiger partial charge in [-0.2, -0.15) is 4.98 Å². The zero-order valence-electron chi connectivity index (χ0n) is 18.6. The Morgan fingerprint density at radius 2 is 1.88 bits per heavy atom. The van der Waals surface area contributed by atoms with Crippen LogP contribution in [0.15, 0.2) is 29.1 Å². The van der Waals surface area contributed by atoms with Crippen molar-refractivity contribution >= 4 is 29.3 Å². The highest BCUT2D eigenvalue weighted by Gasteiger charge is 2.36. The van der Waals surface area contributed by atoms with Gasteiger partial charge in [0.1, 0.15) is 11.6 Å². The molecule has 1 aromatic carbocycles. The Morgan fingerprint density at radius 1 is 1.19 bits per heavy atom. The molecule has 2 aliphatic heterocycles. The fourth-order valence-electron chi connectivity index (χ4n) is 4.57. The average Bonchev–Trinajstić information content (AvgIpc) is 2.74. The van der Waals surface area contributed by atoms with Crippen LogP contribution in [0.4, 0.5) is 17.5 Å². The number of aromatic nitrogens is 2. The van der Waals surface area contributed by atoms with E-state index in [9.17, 15) is 14.4 Å². The number of carbonyl (C=O) groups excluding carboxylic acids is 2. The maximum absolute atomic E-state index is 13.1. The van der Waals surface area contributed by atoms with Gasteiger partial charge in [0, 0.05) is 24.2 Å². The molecule has 3 unspecified atom stereocenters. The maximum atomic E-state index is 13.1. The molecule has 0 aliphatic carbocycles. The number of ether oxygens (including phenoxy) is 1. The Balaban J connectivity index is 1.62. The molecule has 2 amide bonds. The molecule has 2 aromatic rings. The number of hydrogen-bond acceptors (Lipinski definition) is 6. The molecule has 0 spiro atoms. The smallest absolute Gasteiger partial charge is 0.258 e. The highest BCUT2D eigenvalue weighted by Crippen LogP contribution is 2.32. The van der Waals surface area contributed by atoms with E-state index < -0.39 is 17.4 Å². The van der Waals surface area contributed by atoms with Crippen LogP contribution in [0.2, 0.25) is 0 Å². The molecule has 2 aliphatic rings. The lowest BCUT2D eigenvalue weighted by atomic mass is 9.92. The first kappa shape index (κ1) is 21.9. The number of carbonyl (C=O) groups is 2. The third kappa shape index (κ3) is 4.32. The monoisotopic (exact) mass is 439 g/mol. The van der Waals surface area contributed by atoms with Crippen molar-refractivity contribution < 1.29 is 14.3 Å². The predicted molar refractivity (Wildman–Crippen MR) is 122 cm³/mol. The van der Waals surface area contributed by atoms with Crippen LogP contribution in [0.25, 0.3) is 0 Å². The van der Waals surface area contributed by atoms with Crippen LogP contribution in [0.5, 0.6) is 5.75 Å². The number of nitrogens with zero attached hydrogens (tertiary/aromatic N) is 2. The average molecular weight is 440 g/mol. The Kier molecular flexibility index (Phi) is 6.16. The van der Waals surface area contributed by atoms with Gasteiger partial charge >= 0.3 is 0 Å². The van der Waals surface area contributed by atoms with Crippen molar-refractivity contribution in [2.75, 3.05) is 22.1 Å². The Morgan fingerprint density at radius 3 is 2.53 bits per heavy atom. The third-order valence-corrected chi connectivity index (χ3v) is 6.13. The van der Waals surface area contributed by atoms with E-state index in [1.54, 1.807) is 24.3 Å². The minimum Gasteiger partial charge on any atom is -0.494 e. The van der Waals surface area contributed by atoms with Crippen LogP contribution in [0.1, 0.15) is 57.9 Å². The highest BCUT2D eigenvalue weighted by atomic mass is 16.5. The molecule has 32 heavy (non-hydrogen) atoms. The molecule has 4 rings (SSSR count). The summed E-state index contributed by atoms with van der Waals surface area (Å²) < 4.78 is 5.41. The van der Waals surface area contributed by atoms with Gasteiger partial charge in [0.25, 0.3) is 5.56 Å². The predicted octanol–water partition coefficient (Wildman–Crippen LogP) is 3.00. The van der Waals surface area contributed by atoms with E-state index in [-0.39, 0.29) is 35.8 Å². The van der Waals surface area contributed by atoms with E-state index in [0.717, 1.165) is 19.3 Å². The Hall–Kier alpha value is -3.36. The first-order chi connectivity index (χ1) is 15.4. The number of anilines is 3. The molecule has 0 saturated carbocycles. The number of aromatic amines is 1. The van der Waals surface area contributed by atoms with Gasteiger partial charge in [-0.15, -0.1) is 0 Å². The first-order valence-electron chi connectivity index (χ1n) is 11.1. The van der Waals surface area contributed by atoms with E-state index in [0.29, 0.717) is 24.0 Å². The molecule has 1 saturated heterocycles. The van der Waals surface area contributed by atoms with E-state index in [1.807, 2.05) is 6.92 Å². The zero-order valence-corrected chi connectivity index (χ0v) is 18.6. The van der Waals surface area contributed by atoms with Gasteiger partial charge in [0.15, 0.2) is 0 Å². The molecule has 3 N–H and O–H groups in total. The molecule has 0 radical (unpaired) electrons. The molecule has 1 aromatic heterocycles. The second-order valence-corrected chi connectivity index (χ2v) is 8.44. The number of piperidine rings is 1. The molecule has 9 heteroatoms. The summed E-state index contributed by atoms with van der Waals surface area (Å²) in [6, 6.07) is 7.38. The van der Waals surface area contributed by atoms with Crippen molar-refractivity contribution in [2.24, 2.45) is 0 Å². The standard InChI is InChI=1S/C23H29N5O4/c1-4-32-16-10-8-15(9-11-16)24-21(30)17-12-18(29)25-20-19(17)22(31)27-23(26-20)28-13(2)6-5-7-14(28)3/h8-11,13-14,17H,4-7,12H2,1-3H3,(H,24,30)(H2,25,26,27,29,31). The summed E-state index contributed by atoms with van der Waals surface area (Å²) in [5, 5.41) is 5.48. The minimum atomic E-state index is -0.924. The van der Waals surface area contributed by atoms with Crippen LogP contribution in [-0.4, -0.2) is 40.5 Å². The number of nitrogens with one attached hydrogen (secondary N) is 3. The van der Waals surface area contributed by atoms with Gasteiger partial charge in [-0.05, 0) is 64.3 Å². The minimum absolute atomic E-state index is 0.115. The summed E-state index contributed by atoms with van der Waals surface area (Å²) in [6.07, 6.45) is 3.02. The van der Waals surface area contributed by atoms with Crippen molar-refractivity contribution in [2.45, 2.75) is 64.5 Å². The van der Waals surface area contributed by atoms with Crippen LogP contribution >= 0.6 is 0 Å². The van der Waals surface area contributed by atoms with E-state index >= 15 is 0 Å². The van der Waals surface area contributed by atoms with Gasteiger partial charge in [-0.1, -0.05) is 0 Å². The first-order valence-corrected chi connectivity index (χ1v) is 11.1. The van der Waals surface area contributed by atoms with Gasteiger partial charge in [-0.3, -0.25) is 19.4 Å². The van der Waals surface area contributed by atoms with Crippen LogP contribution in [0, 0.1) is 0 Å². The summed E-state index contributed by atoms with van der Waals surface area (Å²) in [5.41, 5.74) is 0.346. The quantitative estimate of drug-likeness (QED) is 0.659. The summed E-state index contributed by atoms with van der Waals surface area (Å²) >= 11 is 0. The lowest BCUT2D eigenvalue weighted by Gasteiger charge is -2.39. The van der Waals surface area contributed by atoms with Crippen molar-refractivity contribution in [3.05, 3.63) is 40.2 Å². The van der Waals surface area contributed by atoms with E-state index in [2.05, 4.69) is 39.3 Å². The lowest BCUT2D eigenvalue weighted by Crippen LogP contribution is -2.46. The Labute approximate surface area is 186 Å². The molecule has 0 bridgehead atoms.